The van der Waals surface area contributed by atoms with Gasteiger partial charge in [-0.3, -0.25) is 4.79 Å². The molecule has 1 N–H and O–H groups in total. The van der Waals surface area contributed by atoms with Gasteiger partial charge >= 0.3 is 12.4 Å². The smallest absolute Gasteiger partial charge is 0.369 e. The molecular formula is C22H23F7N4O4S2. The van der Waals surface area contributed by atoms with Crippen LogP contribution in [0.3, 0.4) is 0 Å². The van der Waals surface area contributed by atoms with Gasteiger partial charge in [0.2, 0.25) is 0 Å². The second-order valence-electron chi connectivity index (χ2n) is 8.91. The molecule has 2 aromatic rings. The molecule has 0 aliphatic carbocycles. The highest BCUT2D eigenvalue weighted by atomic mass is 32.2. The summed E-state index contributed by atoms with van der Waals surface area (Å²) in [6.45, 7) is 0.568. The third-order valence-corrected chi connectivity index (χ3v) is 9.47. The standard InChI is InChI=1S/C22H23F7N4O4S2/c1-13-11-32(16-5-4-14(23)10-15(16)21(24,25)26)8-9-33(13)39(36,37)18-7-6-17(38-18)20(35,22(27,28)29)19(34)30-12-31(2)3/h4-7,10,12-13,35H,8-9,11H2,1-3H3/b30-12-/t13-,20?/m1/s1. The second kappa shape index (κ2) is 10.7. The molecule has 17 heteroatoms. The van der Waals surface area contributed by atoms with Crippen LogP contribution in [0.4, 0.5) is 36.4 Å². The molecule has 1 aliphatic heterocycles. The van der Waals surface area contributed by atoms with Crippen molar-refractivity contribution in [2.24, 2.45) is 4.99 Å². The van der Waals surface area contributed by atoms with Crippen molar-refractivity contribution >= 4 is 39.3 Å². The van der Waals surface area contributed by atoms with Gasteiger partial charge < -0.3 is 14.9 Å². The Balaban J connectivity index is 1.90. The number of thiophene rings is 1. The molecule has 2 heterocycles. The summed E-state index contributed by atoms with van der Waals surface area (Å²) < 4.78 is 122. The number of alkyl halides is 6. The number of halogens is 7. The van der Waals surface area contributed by atoms with Crippen LogP contribution >= 0.6 is 11.3 Å². The number of benzene rings is 1. The molecule has 1 fully saturated rings. The predicted octanol–water partition coefficient (Wildman–Crippen LogP) is 3.67. The molecule has 0 radical (unpaired) electrons. The lowest BCUT2D eigenvalue weighted by atomic mass is 10.0. The van der Waals surface area contributed by atoms with E-state index in [-0.39, 0.29) is 36.7 Å². The summed E-state index contributed by atoms with van der Waals surface area (Å²) >= 11 is 0.0245. The van der Waals surface area contributed by atoms with Crippen LogP contribution < -0.4 is 4.90 Å². The Kier molecular flexibility index (Phi) is 8.42. The van der Waals surface area contributed by atoms with Crippen LogP contribution in [0.5, 0.6) is 0 Å². The number of hydrogen-bond donors (Lipinski definition) is 1. The van der Waals surface area contributed by atoms with E-state index >= 15 is 0 Å². The van der Waals surface area contributed by atoms with Gasteiger partial charge in [-0.15, -0.1) is 11.3 Å². The summed E-state index contributed by atoms with van der Waals surface area (Å²) in [5, 5.41) is 10.4. The molecule has 1 saturated heterocycles. The lowest BCUT2D eigenvalue weighted by molar-refractivity contribution is -0.254. The number of hydrogen-bond acceptors (Lipinski definition) is 6. The molecule has 1 aromatic heterocycles. The van der Waals surface area contributed by atoms with Crippen LogP contribution in [0.1, 0.15) is 17.4 Å². The van der Waals surface area contributed by atoms with Crippen molar-refractivity contribution in [1.29, 1.82) is 0 Å². The first kappa shape index (κ1) is 30.8. The van der Waals surface area contributed by atoms with Crippen molar-refractivity contribution in [3.8, 4) is 0 Å². The van der Waals surface area contributed by atoms with Crippen molar-refractivity contribution in [1.82, 2.24) is 9.21 Å². The van der Waals surface area contributed by atoms with E-state index in [4.69, 9.17) is 0 Å². The highest BCUT2D eigenvalue weighted by Crippen LogP contribution is 2.44. The van der Waals surface area contributed by atoms with Crippen molar-refractivity contribution in [2.45, 2.75) is 35.1 Å². The third-order valence-electron chi connectivity index (χ3n) is 5.80. The normalized spacial score (nSPS) is 19.4. The number of carbonyl (C=O) groups excluding carboxylic acids is 1. The Bertz CT molecular complexity index is 1360. The summed E-state index contributed by atoms with van der Waals surface area (Å²) in [4.78, 5) is 16.7. The van der Waals surface area contributed by atoms with E-state index in [1.165, 1.54) is 25.9 Å². The van der Waals surface area contributed by atoms with Gasteiger partial charge in [0.25, 0.3) is 21.5 Å². The van der Waals surface area contributed by atoms with Gasteiger partial charge in [0.15, 0.2) is 0 Å². The second-order valence-corrected chi connectivity index (χ2v) is 12.1. The highest BCUT2D eigenvalue weighted by Gasteiger charge is 2.62. The first-order valence-corrected chi connectivity index (χ1v) is 13.3. The van der Waals surface area contributed by atoms with E-state index in [0.29, 0.717) is 12.1 Å². The fourth-order valence-electron chi connectivity index (χ4n) is 3.92. The van der Waals surface area contributed by atoms with E-state index < -0.39 is 60.4 Å². The molecule has 8 nitrogen and oxygen atoms in total. The number of amides is 1. The minimum Gasteiger partial charge on any atom is -0.369 e. The van der Waals surface area contributed by atoms with Crippen molar-refractivity contribution < 1.29 is 49.1 Å². The van der Waals surface area contributed by atoms with E-state index in [2.05, 4.69) is 4.99 Å². The molecule has 0 spiro atoms. The Morgan fingerprint density at radius 1 is 1.13 bits per heavy atom. The predicted molar refractivity (Wildman–Crippen MR) is 128 cm³/mol. The molecule has 39 heavy (non-hydrogen) atoms. The van der Waals surface area contributed by atoms with Crippen LogP contribution in [0.25, 0.3) is 0 Å². The van der Waals surface area contributed by atoms with E-state index in [0.717, 1.165) is 33.7 Å². The van der Waals surface area contributed by atoms with Crippen molar-refractivity contribution in [2.75, 3.05) is 38.6 Å². The number of aliphatic imine (C=N–C) groups is 1. The van der Waals surface area contributed by atoms with E-state index in [9.17, 15) is 49.1 Å². The molecule has 2 atom stereocenters. The Hall–Kier alpha value is -2.76. The summed E-state index contributed by atoms with van der Waals surface area (Å²) in [5.41, 5.74) is -5.70. The Labute approximate surface area is 223 Å². The molecule has 216 valence electrons. The maximum absolute atomic E-state index is 13.8. The van der Waals surface area contributed by atoms with Gasteiger partial charge in [0.1, 0.15) is 10.0 Å². The monoisotopic (exact) mass is 604 g/mol. The molecule has 0 bridgehead atoms. The highest BCUT2D eigenvalue weighted by molar-refractivity contribution is 7.91. The van der Waals surface area contributed by atoms with Crippen LogP contribution in [0.2, 0.25) is 0 Å². The van der Waals surface area contributed by atoms with Gasteiger partial charge in [-0.1, -0.05) is 0 Å². The maximum Gasteiger partial charge on any atom is 0.431 e. The summed E-state index contributed by atoms with van der Waals surface area (Å²) in [5.74, 6) is -3.07. The average Bonchev–Trinajstić information content (AvgIpc) is 3.32. The van der Waals surface area contributed by atoms with Gasteiger partial charge in [0, 0.05) is 45.5 Å². The number of anilines is 1. The Morgan fingerprint density at radius 2 is 1.77 bits per heavy atom. The van der Waals surface area contributed by atoms with Crippen molar-refractivity contribution in [3.63, 3.8) is 0 Å². The fourth-order valence-corrected chi connectivity index (χ4v) is 7.08. The van der Waals surface area contributed by atoms with Crippen LogP contribution in [-0.4, -0.2) is 80.9 Å². The molecule has 1 unspecified atom stereocenters. The van der Waals surface area contributed by atoms with Gasteiger partial charge in [-0.25, -0.2) is 17.8 Å². The largest absolute Gasteiger partial charge is 0.431 e. The number of nitrogens with zero attached hydrogens (tertiary/aromatic N) is 4. The fraction of sp³-hybridized carbons (Fsp3) is 0.455. The lowest BCUT2D eigenvalue weighted by Crippen LogP contribution is -2.54. The van der Waals surface area contributed by atoms with Gasteiger partial charge in [-0.05, 0) is 37.3 Å². The molecular weight excluding hydrogens is 581 g/mol. The van der Waals surface area contributed by atoms with Gasteiger partial charge in [0.05, 0.1) is 16.8 Å². The SMILES string of the molecule is C[C@@H]1CN(c2ccc(F)cc2C(F)(F)F)CCN1S(=O)(=O)c1ccc(C(O)(C(=O)/N=C\N(C)C)C(F)(F)F)s1. The quantitative estimate of drug-likeness (QED) is 0.308. The zero-order chi connectivity index (χ0) is 29.6. The summed E-state index contributed by atoms with van der Waals surface area (Å²) in [6.07, 6.45) is -9.67. The van der Waals surface area contributed by atoms with E-state index in [1.807, 2.05) is 0 Å². The average molecular weight is 605 g/mol. The van der Waals surface area contributed by atoms with Crippen LogP contribution in [0, 0.1) is 5.82 Å². The van der Waals surface area contributed by atoms with Crippen LogP contribution in [0.15, 0.2) is 39.5 Å². The number of aliphatic hydroxyl groups is 1. The minimum absolute atomic E-state index is 0.0245. The number of piperazine rings is 1. The molecule has 0 saturated carbocycles. The zero-order valence-electron chi connectivity index (χ0n) is 20.6. The molecule has 1 aromatic carbocycles. The lowest BCUT2D eigenvalue weighted by Gasteiger charge is -2.40. The van der Waals surface area contributed by atoms with E-state index in [1.54, 1.807) is 0 Å². The molecule has 3 rings (SSSR count). The first-order chi connectivity index (χ1) is 17.8. The zero-order valence-corrected chi connectivity index (χ0v) is 22.2. The van der Waals surface area contributed by atoms with Crippen LogP contribution in [-0.2, 0) is 26.6 Å². The maximum atomic E-state index is 13.8. The first-order valence-electron chi connectivity index (χ1n) is 11.1. The third kappa shape index (κ3) is 6.05. The van der Waals surface area contributed by atoms with Crippen molar-refractivity contribution in [3.05, 3.63) is 46.6 Å². The number of carbonyl (C=O) groups is 1. The van der Waals surface area contributed by atoms with Gasteiger partial charge in [-0.2, -0.15) is 30.6 Å². The molecule has 1 amide bonds. The minimum atomic E-state index is -5.54. The topological polar surface area (TPSA) is 93.5 Å². The summed E-state index contributed by atoms with van der Waals surface area (Å²) in [6, 6.07) is 2.63. The number of sulfonamides is 1. The number of rotatable bonds is 6. The Morgan fingerprint density at radius 3 is 2.31 bits per heavy atom. The molecule has 1 aliphatic rings. The summed E-state index contributed by atoms with van der Waals surface area (Å²) in [7, 11) is -1.74.